The van der Waals surface area contributed by atoms with Gasteiger partial charge in [0.05, 0.1) is 11.6 Å². The molecule has 0 aliphatic heterocycles. The maximum absolute atomic E-state index is 6.26. The molecule has 0 amide bonds. The molecule has 1 unspecified atom stereocenters. The summed E-state index contributed by atoms with van der Waals surface area (Å²) in [6.07, 6.45) is 3.63. The van der Waals surface area contributed by atoms with Gasteiger partial charge in [0, 0.05) is 33.7 Å². The van der Waals surface area contributed by atoms with E-state index in [1.165, 1.54) is 0 Å². The van der Waals surface area contributed by atoms with E-state index < -0.39 is 0 Å². The van der Waals surface area contributed by atoms with E-state index in [9.17, 15) is 0 Å². The highest BCUT2D eigenvalue weighted by molar-refractivity contribution is 7.09. The fourth-order valence-electron chi connectivity index (χ4n) is 2.30. The van der Waals surface area contributed by atoms with E-state index in [-0.39, 0.29) is 6.04 Å². The number of nitrogens with one attached hydrogen (secondary N) is 1. The molecule has 0 spiro atoms. The number of fused-ring (bicyclic) bond motifs is 1. The van der Waals surface area contributed by atoms with Crippen molar-refractivity contribution >= 4 is 33.8 Å². The molecular formula is C15H14ClN3S. The Labute approximate surface area is 126 Å². The number of thiazole rings is 1. The number of hydrogen-bond acceptors (Lipinski definition) is 4. The molecule has 3 rings (SSSR count). The predicted octanol–water partition coefficient (Wildman–Crippen LogP) is 4.04. The minimum atomic E-state index is 0.0506. The van der Waals surface area contributed by atoms with E-state index in [2.05, 4.69) is 22.2 Å². The van der Waals surface area contributed by atoms with Gasteiger partial charge in [-0.2, -0.15) is 0 Å². The van der Waals surface area contributed by atoms with Crippen LogP contribution in [0.2, 0.25) is 5.02 Å². The SMILES string of the molecule is CCNC(c1nccs1)c1ccc(Cl)c2cccnc12. The zero-order chi connectivity index (χ0) is 13.9. The summed E-state index contributed by atoms with van der Waals surface area (Å²) in [5, 5.41) is 8.22. The van der Waals surface area contributed by atoms with Gasteiger partial charge in [-0.15, -0.1) is 11.3 Å². The summed E-state index contributed by atoms with van der Waals surface area (Å²) in [5.74, 6) is 0. The molecule has 0 saturated carbocycles. The third-order valence-electron chi connectivity index (χ3n) is 3.17. The smallest absolute Gasteiger partial charge is 0.114 e. The molecule has 1 atom stereocenters. The fourth-order valence-corrected chi connectivity index (χ4v) is 3.25. The summed E-state index contributed by atoms with van der Waals surface area (Å²) in [5.41, 5.74) is 2.04. The van der Waals surface area contributed by atoms with Crippen molar-refractivity contribution in [3.8, 4) is 0 Å². The summed E-state index contributed by atoms with van der Waals surface area (Å²) in [6.45, 7) is 2.95. The Morgan fingerprint density at radius 1 is 1.25 bits per heavy atom. The zero-order valence-electron chi connectivity index (χ0n) is 11.0. The Balaban J connectivity index is 2.19. The number of aromatic nitrogens is 2. The molecule has 20 heavy (non-hydrogen) atoms. The van der Waals surface area contributed by atoms with Gasteiger partial charge in [0.15, 0.2) is 0 Å². The topological polar surface area (TPSA) is 37.8 Å². The maximum Gasteiger partial charge on any atom is 0.114 e. The molecule has 0 fully saturated rings. The summed E-state index contributed by atoms with van der Waals surface area (Å²) < 4.78 is 0. The van der Waals surface area contributed by atoms with Crippen molar-refractivity contribution < 1.29 is 0 Å². The second-order valence-corrected chi connectivity index (χ2v) is 5.73. The summed E-state index contributed by atoms with van der Waals surface area (Å²) in [7, 11) is 0. The first-order chi connectivity index (χ1) is 9.81. The average Bonchev–Trinajstić information content (AvgIpc) is 3.00. The van der Waals surface area contributed by atoms with Gasteiger partial charge in [-0.25, -0.2) is 4.98 Å². The molecule has 5 heteroatoms. The Morgan fingerprint density at radius 3 is 2.90 bits per heavy atom. The standard InChI is InChI=1S/C15H14ClN3S/c1-2-17-14(15-19-8-9-20-15)11-5-6-12(16)10-4-3-7-18-13(10)11/h3-9,14,17H,2H2,1H3. The van der Waals surface area contributed by atoms with Crippen molar-refractivity contribution in [2.75, 3.05) is 6.54 Å². The Bertz CT molecular complexity index is 712. The molecular weight excluding hydrogens is 290 g/mol. The van der Waals surface area contributed by atoms with Gasteiger partial charge < -0.3 is 5.32 Å². The van der Waals surface area contributed by atoms with Crippen LogP contribution in [0.25, 0.3) is 10.9 Å². The fraction of sp³-hybridized carbons (Fsp3) is 0.200. The van der Waals surface area contributed by atoms with Crippen LogP contribution in [0.1, 0.15) is 23.5 Å². The molecule has 0 radical (unpaired) electrons. The largest absolute Gasteiger partial charge is 0.304 e. The molecule has 1 aromatic carbocycles. The van der Waals surface area contributed by atoms with Crippen molar-refractivity contribution in [3.05, 3.63) is 57.6 Å². The molecule has 0 aliphatic carbocycles. The quantitative estimate of drug-likeness (QED) is 0.790. The number of nitrogens with zero attached hydrogens (tertiary/aromatic N) is 2. The van der Waals surface area contributed by atoms with Crippen LogP contribution in [-0.2, 0) is 0 Å². The number of rotatable bonds is 4. The van der Waals surface area contributed by atoms with Crippen LogP contribution < -0.4 is 5.32 Å². The van der Waals surface area contributed by atoms with Crippen LogP contribution in [0.3, 0.4) is 0 Å². The third kappa shape index (κ3) is 2.42. The molecule has 3 aromatic rings. The number of halogens is 1. The van der Waals surface area contributed by atoms with Crippen LogP contribution >= 0.6 is 22.9 Å². The van der Waals surface area contributed by atoms with Gasteiger partial charge in [0.1, 0.15) is 5.01 Å². The first-order valence-electron chi connectivity index (χ1n) is 6.47. The lowest BCUT2D eigenvalue weighted by Crippen LogP contribution is -2.22. The minimum absolute atomic E-state index is 0.0506. The van der Waals surface area contributed by atoms with Crippen LogP contribution in [0.4, 0.5) is 0 Å². The number of benzene rings is 1. The van der Waals surface area contributed by atoms with Crippen LogP contribution in [0.5, 0.6) is 0 Å². The second-order valence-electron chi connectivity index (χ2n) is 4.40. The maximum atomic E-state index is 6.26. The van der Waals surface area contributed by atoms with Gasteiger partial charge in [-0.3, -0.25) is 4.98 Å². The van der Waals surface area contributed by atoms with Crippen LogP contribution in [-0.4, -0.2) is 16.5 Å². The highest BCUT2D eigenvalue weighted by atomic mass is 35.5. The molecule has 2 heterocycles. The lowest BCUT2D eigenvalue weighted by molar-refractivity contribution is 0.630. The lowest BCUT2D eigenvalue weighted by atomic mass is 10.0. The van der Waals surface area contributed by atoms with Crippen molar-refractivity contribution in [2.45, 2.75) is 13.0 Å². The lowest BCUT2D eigenvalue weighted by Gasteiger charge is -2.17. The Hall–Kier alpha value is -1.49. The number of hydrogen-bond donors (Lipinski definition) is 1. The van der Waals surface area contributed by atoms with Gasteiger partial charge >= 0.3 is 0 Å². The molecule has 3 nitrogen and oxygen atoms in total. The molecule has 102 valence electrons. The molecule has 0 aliphatic rings. The third-order valence-corrected chi connectivity index (χ3v) is 4.34. The summed E-state index contributed by atoms with van der Waals surface area (Å²) >= 11 is 7.91. The van der Waals surface area contributed by atoms with Gasteiger partial charge in [-0.1, -0.05) is 24.6 Å². The first kappa shape index (κ1) is 13.5. The summed E-state index contributed by atoms with van der Waals surface area (Å²) in [4.78, 5) is 8.94. The van der Waals surface area contributed by atoms with Crippen molar-refractivity contribution in [1.29, 1.82) is 0 Å². The zero-order valence-corrected chi connectivity index (χ0v) is 12.6. The van der Waals surface area contributed by atoms with Crippen LogP contribution in [0, 0.1) is 0 Å². The second kappa shape index (κ2) is 5.87. The van der Waals surface area contributed by atoms with Crippen molar-refractivity contribution in [3.63, 3.8) is 0 Å². The van der Waals surface area contributed by atoms with Gasteiger partial charge in [0.2, 0.25) is 0 Å². The van der Waals surface area contributed by atoms with E-state index >= 15 is 0 Å². The van der Waals surface area contributed by atoms with E-state index in [1.807, 2.05) is 35.8 Å². The highest BCUT2D eigenvalue weighted by Crippen LogP contribution is 2.32. The average molecular weight is 304 g/mol. The first-order valence-corrected chi connectivity index (χ1v) is 7.73. The Kier molecular flexibility index (Phi) is 3.96. The molecule has 2 aromatic heterocycles. The minimum Gasteiger partial charge on any atom is -0.304 e. The van der Waals surface area contributed by atoms with E-state index in [4.69, 9.17) is 11.6 Å². The highest BCUT2D eigenvalue weighted by Gasteiger charge is 2.19. The van der Waals surface area contributed by atoms with Crippen LogP contribution in [0.15, 0.2) is 42.0 Å². The van der Waals surface area contributed by atoms with Crippen molar-refractivity contribution in [2.24, 2.45) is 0 Å². The normalized spacial score (nSPS) is 12.7. The monoisotopic (exact) mass is 303 g/mol. The molecule has 0 bridgehead atoms. The predicted molar refractivity (Wildman–Crippen MR) is 84.4 cm³/mol. The van der Waals surface area contributed by atoms with Crippen molar-refractivity contribution in [1.82, 2.24) is 15.3 Å². The Morgan fingerprint density at radius 2 is 2.15 bits per heavy atom. The van der Waals surface area contributed by atoms with E-state index in [1.54, 1.807) is 17.5 Å². The summed E-state index contributed by atoms with van der Waals surface area (Å²) in [6, 6.07) is 7.92. The van der Waals surface area contributed by atoms with Gasteiger partial charge in [0.25, 0.3) is 0 Å². The van der Waals surface area contributed by atoms with E-state index in [0.29, 0.717) is 0 Å². The van der Waals surface area contributed by atoms with Gasteiger partial charge in [-0.05, 0) is 24.7 Å². The molecule has 1 N–H and O–H groups in total. The number of pyridine rings is 1. The molecule has 0 saturated heterocycles. The van der Waals surface area contributed by atoms with E-state index in [0.717, 1.165) is 33.0 Å².